The summed E-state index contributed by atoms with van der Waals surface area (Å²) in [6.45, 7) is 18.6. The van der Waals surface area contributed by atoms with Gasteiger partial charge >= 0.3 is 0 Å². The van der Waals surface area contributed by atoms with Gasteiger partial charge < -0.3 is 4.90 Å². The first-order chi connectivity index (χ1) is 11.4. The van der Waals surface area contributed by atoms with Crippen molar-refractivity contribution in [1.29, 1.82) is 0 Å². The molecule has 0 aliphatic rings. The average Bonchev–Trinajstić information content (AvgIpc) is 2.45. The van der Waals surface area contributed by atoms with E-state index in [0.717, 1.165) is 6.42 Å². The topological polar surface area (TPSA) is 3.24 Å². The minimum absolute atomic E-state index is 0.000949. The molecule has 0 amide bonds. The zero-order chi connectivity index (χ0) is 18.9. The highest BCUT2D eigenvalue weighted by atomic mass is 15.2. The summed E-state index contributed by atoms with van der Waals surface area (Å²) in [4.78, 5) is 2.54. The summed E-state index contributed by atoms with van der Waals surface area (Å²) < 4.78 is 0. The first-order valence-corrected chi connectivity index (χ1v) is 9.37. The van der Waals surface area contributed by atoms with Crippen molar-refractivity contribution >= 4 is 11.4 Å². The number of benzene rings is 2. The molecule has 0 bridgehead atoms. The van der Waals surface area contributed by atoms with Crippen molar-refractivity contribution in [3.05, 3.63) is 60.2 Å². The average molecular weight is 338 g/mol. The van der Waals surface area contributed by atoms with E-state index in [1.54, 1.807) is 0 Å². The molecule has 2 aromatic carbocycles. The molecule has 0 fully saturated rings. The molecule has 2 aromatic rings. The van der Waals surface area contributed by atoms with Gasteiger partial charge in [0.15, 0.2) is 0 Å². The van der Waals surface area contributed by atoms with Gasteiger partial charge in [-0.15, -0.1) is 0 Å². The summed E-state index contributed by atoms with van der Waals surface area (Å²) in [6, 6.07) is 19.7. The van der Waals surface area contributed by atoms with Crippen LogP contribution in [0.2, 0.25) is 0 Å². The molecular formula is C24H35N. The summed E-state index contributed by atoms with van der Waals surface area (Å²) in [6.07, 6.45) is 1.10. The van der Waals surface area contributed by atoms with Crippen molar-refractivity contribution in [1.82, 2.24) is 0 Å². The molecule has 0 radical (unpaired) electrons. The smallest absolute Gasteiger partial charge is 0.0453 e. The molecule has 136 valence electrons. The van der Waals surface area contributed by atoms with Crippen molar-refractivity contribution in [2.75, 3.05) is 4.90 Å². The van der Waals surface area contributed by atoms with E-state index in [1.807, 2.05) is 0 Å². The van der Waals surface area contributed by atoms with E-state index in [1.165, 1.54) is 16.9 Å². The zero-order valence-corrected chi connectivity index (χ0v) is 17.4. The Labute approximate surface area is 155 Å². The lowest BCUT2D eigenvalue weighted by molar-refractivity contribution is 0.284. The molecule has 0 unspecified atom stereocenters. The van der Waals surface area contributed by atoms with Crippen LogP contribution in [0.1, 0.15) is 67.4 Å². The summed E-state index contributed by atoms with van der Waals surface area (Å²) in [5.41, 5.74) is 4.32. The van der Waals surface area contributed by atoms with Crippen LogP contribution in [0.25, 0.3) is 0 Å². The summed E-state index contributed by atoms with van der Waals surface area (Å²) in [5.74, 6) is 0. The predicted octanol–water partition coefficient (Wildman–Crippen LogP) is 7.34. The first kappa shape index (κ1) is 19.6. The van der Waals surface area contributed by atoms with Gasteiger partial charge in [0.2, 0.25) is 0 Å². The second kappa shape index (κ2) is 6.86. The van der Waals surface area contributed by atoms with Crippen molar-refractivity contribution < 1.29 is 0 Å². The number of para-hydroxylation sites is 2. The van der Waals surface area contributed by atoms with Crippen LogP contribution in [0.5, 0.6) is 0 Å². The number of hydrogen-bond donors (Lipinski definition) is 0. The van der Waals surface area contributed by atoms with E-state index in [2.05, 4.69) is 115 Å². The van der Waals surface area contributed by atoms with Gasteiger partial charge in [-0.1, -0.05) is 77.9 Å². The van der Waals surface area contributed by atoms with Crippen LogP contribution >= 0.6 is 0 Å². The molecule has 0 aromatic heterocycles. The molecule has 0 spiro atoms. The highest BCUT2D eigenvalue weighted by molar-refractivity contribution is 5.69. The van der Waals surface area contributed by atoms with Gasteiger partial charge in [0.25, 0.3) is 0 Å². The molecule has 25 heavy (non-hydrogen) atoms. The standard InChI is InChI=1S/C24H35N/c1-22(2,3)18-24(7,8)25(19-14-10-9-11-15-19)21-17-13-12-16-20(21)23(4,5)6/h9-17H,18H2,1-8H3. The molecule has 0 aliphatic heterocycles. The van der Waals surface area contributed by atoms with Gasteiger partial charge in [-0.05, 0) is 54.9 Å². The van der Waals surface area contributed by atoms with Crippen molar-refractivity contribution in [3.63, 3.8) is 0 Å². The zero-order valence-electron chi connectivity index (χ0n) is 17.4. The maximum atomic E-state index is 2.54. The lowest BCUT2D eigenvalue weighted by Gasteiger charge is -2.45. The molecule has 1 heteroatoms. The summed E-state index contributed by atoms with van der Waals surface area (Å²) in [7, 11) is 0. The largest absolute Gasteiger partial charge is 0.336 e. The van der Waals surface area contributed by atoms with Gasteiger partial charge in [0, 0.05) is 16.9 Å². The van der Waals surface area contributed by atoms with Gasteiger partial charge in [-0.25, -0.2) is 0 Å². The second-order valence-electron chi connectivity index (χ2n) is 9.99. The van der Waals surface area contributed by atoms with Crippen LogP contribution in [0.3, 0.4) is 0 Å². The third-order valence-electron chi connectivity index (χ3n) is 4.54. The molecule has 0 atom stereocenters. The molecular weight excluding hydrogens is 302 g/mol. The van der Waals surface area contributed by atoms with E-state index in [-0.39, 0.29) is 16.4 Å². The molecule has 0 saturated carbocycles. The molecule has 1 nitrogen and oxygen atoms in total. The summed E-state index contributed by atoms with van der Waals surface area (Å²) >= 11 is 0. The predicted molar refractivity (Wildman–Crippen MR) is 112 cm³/mol. The molecule has 0 N–H and O–H groups in total. The first-order valence-electron chi connectivity index (χ1n) is 9.37. The van der Waals surface area contributed by atoms with E-state index < -0.39 is 0 Å². The van der Waals surface area contributed by atoms with Gasteiger partial charge in [0.1, 0.15) is 0 Å². The highest BCUT2D eigenvalue weighted by Crippen LogP contribution is 2.43. The Morgan fingerprint density at radius 1 is 0.680 bits per heavy atom. The maximum absolute atomic E-state index is 2.54. The van der Waals surface area contributed by atoms with E-state index in [0.29, 0.717) is 0 Å². The maximum Gasteiger partial charge on any atom is 0.0453 e. The molecule has 0 heterocycles. The Kier molecular flexibility index (Phi) is 5.37. The minimum atomic E-state index is 0.000949. The Balaban J connectivity index is 2.66. The van der Waals surface area contributed by atoms with Gasteiger partial charge in [0.05, 0.1) is 0 Å². The van der Waals surface area contributed by atoms with Gasteiger partial charge in [-0.3, -0.25) is 0 Å². The number of hydrogen-bond acceptors (Lipinski definition) is 1. The number of anilines is 2. The monoisotopic (exact) mass is 337 g/mol. The van der Waals surface area contributed by atoms with E-state index >= 15 is 0 Å². The Bertz CT molecular complexity index is 684. The van der Waals surface area contributed by atoms with Crippen LogP contribution in [-0.4, -0.2) is 5.54 Å². The quantitative estimate of drug-likeness (QED) is 0.564. The van der Waals surface area contributed by atoms with E-state index in [4.69, 9.17) is 0 Å². The molecule has 0 aliphatic carbocycles. The Morgan fingerprint density at radius 2 is 1.20 bits per heavy atom. The fourth-order valence-corrected chi connectivity index (χ4v) is 4.07. The van der Waals surface area contributed by atoms with Crippen LogP contribution in [0.4, 0.5) is 11.4 Å². The van der Waals surface area contributed by atoms with E-state index in [9.17, 15) is 0 Å². The van der Waals surface area contributed by atoms with Crippen LogP contribution < -0.4 is 4.90 Å². The third-order valence-corrected chi connectivity index (χ3v) is 4.54. The second-order valence-corrected chi connectivity index (χ2v) is 9.99. The van der Waals surface area contributed by atoms with Crippen molar-refractivity contribution in [2.45, 2.75) is 72.8 Å². The van der Waals surface area contributed by atoms with Gasteiger partial charge in [-0.2, -0.15) is 0 Å². The normalized spacial score (nSPS) is 13.0. The fourth-order valence-electron chi connectivity index (χ4n) is 4.07. The van der Waals surface area contributed by atoms with Crippen molar-refractivity contribution in [2.24, 2.45) is 5.41 Å². The summed E-state index contributed by atoms with van der Waals surface area (Å²) in [5, 5.41) is 0. The van der Waals surface area contributed by atoms with Crippen molar-refractivity contribution in [3.8, 4) is 0 Å². The molecule has 0 saturated heterocycles. The SMILES string of the molecule is CC(C)(C)CC(C)(C)N(c1ccccc1)c1ccccc1C(C)(C)C. The fraction of sp³-hybridized carbons (Fsp3) is 0.500. The minimum Gasteiger partial charge on any atom is -0.336 e. The lowest BCUT2D eigenvalue weighted by atomic mass is 9.79. The van der Waals surface area contributed by atoms with Crippen LogP contribution in [0, 0.1) is 5.41 Å². The number of nitrogens with zero attached hydrogens (tertiary/aromatic N) is 1. The number of rotatable bonds is 4. The van der Waals surface area contributed by atoms with Crippen LogP contribution in [0.15, 0.2) is 54.6 Å². The molecule has 2 rings (SSSR count). The van der Waals surface area contributed by atoms with Crippen LogP contribution in [-0.2, 0) is 5.41 Å². The highest BCUT2D eigenvalue weighted by Gasteiger charge is 2.35. The third kappa shape index (κ3) is 4.87. The Hall–Kier alpha value is -1.76. The Morgan fingerprint density at radius 3 is 1.72 bits per heavy atom. The lowest BCUT2D eigenvalue weighted by Crippen LogP contribution is -2.44.